The predicted molar refractivity (Wildman–Crippen MR) is 574 cm³/mol. The maximum Gasteiger partial charge on any atom is 3.00 e. The van der Waals surface area contributed by atoms with Gasteiger partial charge in [-0.25, -0.2) is 0 Å². The summed E-state index contributed by atoms with van der Waals surface area (Å²) in [4.78, 5) is 19.7. The zero-order valence-corrected chi connectivity index (χ0v) is 92.5. The summed E-state index contributed by atoms with van der Waals surface area (Å²) in [6.07, 6.45) is 8.45. The van der Waals surface area contributed by atoms with Crippen LogP contribution in [0.4, 0.5) is 22.7 Å². The van der Waals surface area contributed by atoms with Gasteiger partial charge in [0, 0.05) is 152 Å². The van der Waals surface area contributed by atoms with Crippen LogP contribution in [0.3, 0.4) is 0 Å². The minimum Gasteiger partial charge on any atom is -0.513 e. The summed E-state index contributed by atoms with van der Waals surface area (Å²) in [6, 6.07) is 132. The van der Waals surface area contributed by atoms with E-state index in [-0.39, 0.29) is 80.4 Å². The number of anilines is 4. The molecule has 0 saturated heterocycles. The Hall–Kier alpha value is -13.8. The van der Waals surface area contributed by atoms with Gasteiger partial charge in [0.15, 0.2) is 0 Å². The van der Waals surface area contributed by atoms with E-state index in [1.165, 1.54) is 101 Å². The summed E-state index contributed by atoms with van der Waals surface area (Å²) in [7, 11) is 0. The van der Waals surface area contributed by atoms with E-state index in [1.807, 2.05) is 114 Å². The smallest absolute Gasteiger partial charge is 0.513 e. The third-order valence-electron chi connectivity index (χ3n) is 25.7. The molecule has 143 heavy (non-hydrogen) atoms. The van der Waals surface area contributed by atoms with Gasteiger partial charge in [0.25, 0.3) is 0 Å². The van der Waals surface area contributed by atoms with E-state index in [4.69, 9.17) is 28.9 Å². The van der Waals surface area contributed by atoms with Crippen LogP contribution in [0.1, 0.15) is 117 Å². The summed E-state index contributed by atoms with van der Waals surface area (Å²) >= 11 is 0. The molecule has 7 heterocycles. The van der Waals surface area contributed by atoms with Crippen LogP contribution in [0, 0.1) is 120 Å². The third kappa shape index (κ3) is 22.2. The molecule has 0 atom stereocenters. The van der Waals surface area contributed by atoms with Crippen molar-refractivity contribution in [3.63, 3.8) is 0 Å². The van der Waals surface area contributed by atoms with Gasteiger partial charge < -0.3 is 32.3 Å². The van der Waals surface area contributed by atoms with E-state index < -0.39 is 0 Å². The van der Waals surface area contributed by atoms with Crippen LogP contribution < -0.4 is 9.80 Å². The molecule has 1 aliphatic heterocycles. The van der Waals surface area contributed by atoms with E-state index in [2.05, 4.69) is 420 Å². The van der Waals surface area contributed by atoms with Crippen molar-refractivity contribution < 1.29 is 89.3 Å². The minimum atomic E-state index is 0. The van der Waals surface area contributed by atoms with Crippen molar-refractivity contribution in [3.05, 3.63) is 473 Å². The molecule has 0 N–H and O–H groups in total. The average Bonchev–Trinajstić information content (AvgIpc) is 1.60. The topological polar surface area (TPSA) is 104 Å². The quantitative estimate of drug-likeness (QED) is 0.0935. The van der Waals surface area contributed by atoms with Gasteiger partial charge in [-0.3, -0.25) is 19.6 Å². The number of aryl methyl sites for hydroxylation is 12. The summed E-state index contributed by atoms with van der Waals surface area (Å²) in [5.41, 5.74) is 41.3. The number of furan rings is 2. The first-order valence-corrected chi connectivity index (χ1v) is 47.6. The predicted octanol–water partition coefficient (Wildman–Crippen LogP) is 33.0. The molecule has 23 rings (SSSR count). The first kappa shape index (κ1) is 104. The second-order valence-electron chi connectivity index (χ2n) is 36.9. The van der Waals surface area contributed by atoms with Crippen molar-refractivity contribution in [2.45, 2.75) is 123 Å². The first-order chi connectivity index (χ1) is 67.5. The maximum atomic E-state index is 6.31. The van der Waals surface area contributed by atoms with Crippen LogP contribution in [0.2, 0.25) is 0 Å². The van der Waals surface area contributed by atoms with Crippen LogP contribution >= 0.6 is 0 Å². The Bertz CT molecular complexity index is 8120. The number of aromatic nitrogens is 8. The largest absolute Gasteiger partial charge is 3.00 e. The van der Waals surface area contributed by atoms with Crippen LogP contribution in [-0.2, 0) is 80.4 Å². The molecule has 0 bridgehead atoms. The van der Waals surface area contributed by atoms with E-state index in [0.29, 0.717) is 11.8 Å². The van der Waals surface area contributed by atoms with E-state index in [9.17, 15) is 0 Å². The van der Waals surface area contributed by atoms with Crippen LogP contribution in [0.25, 0.3) is 146 Å². The molecule has 0 saturated carbocycles. The molecule has 719 valence electrons. The Kier molecular flexibility index (Phi) is 33.0. The Morgan fingerprint density at radius 3 is 1.27 bits per heavy atom. The fourth-order valence-corrected chi connectivity index (χ4v) is 18.9. The number of benzene rings is 16. The number of hydrogen-bond donors (Lipinski definition) is 0. The first-order valence-electron chi connectivity index (χ1n) is 47.6. The molecule has 0 spiro atoms. The molecule has 0 fully saturated rings. The molecule has 0 amide bonds. The molecule has 0 aliphatic carbocycles. The number of rotatable bonds is 15. The SMILES string of the molecule is Cc1cc(C)c(-n2cc(-c3ccc(C)c(C)c3)nc2-c2[c-]cccc2)c(C)c1.Cc1cc[c-]c(N2[CH-]N(c3cccc(C)c3)c3ccccc32)c1.Cc1cccc(-c2ccn(-c3[c-]ccc4c3oc3ccccc34)n2)c1.Cc1cccc(-c2cn(-c3c(C(C)C)cccc3C(C)C)c(-c3[c-]cccc3)n2)c1.Cc1cccc(-c2cn(-c3c(C)cc(C)c4oc5ccccc5c34)c(-c3[c-]cccc3)n2)c1.[Ir+3].[Ir].[Ir].[Ir]. The van der Waals surface area contributed by atoms with Gasteiger partial charge in [-0.05, 0) is 210 Å². The molecule has 16 aromatic carbocycles. The van der Waals surface area contributed by atoms with Gasteiger partial charge in [-0.2, -0.15) is 47.1 Å². The summed E-state index contributed by atoms with van der Waals surface area (Å²) in [6.45, 7) is 36.8. The summed E-state index contributed by atoms with van der Waals surface area (Å²) in [5, 5.41) is 9.16. The fraction of sp³-hybridized carbons (Fsp3) is 0.142. The van der Waals surface area contributed by atoms with E-state index >= 15 is 0 Å². The van der Waals surface area contributed by atoms with Gasteiger partial charge in [-0.1, -0.05) is 226 Å². The molecule has 1 aliphatic rings. The molecule has 3 radical (unpaired) electrons. The van der Waals surface area contributed by atoms with Gasteiger partial charge in [0.1, 0.15) is 16.7 Å². The fourth-order valence-electron chi connectivity index (χ4n) is 18.9. The molecular formula is C127H110Ir4N10O2-3. The molecule has 22 aromatic rings. The van der Waals surface area contributed by atoms with E-state index in [0.717, 1.165) is 146 Å². The minimum absolute atomic E-state index is 0. The van der Waals surface area contributed by atoms with Crippen molar-refractivity contribution >= 4 is 66.6 Å². The zero-order valence-electron chi connectivity index (χ0n) is 82.9. The Morgan fingerprint density at radius 1 is 0.308 bits per heavy atom. The third-order valence-corrected chi connectivity index (χ3v) is 25.7. The van der Waals surface area contributed by atoms with Crippen LogP contribution in [0.5, 0.6) is 0 Å². The van der Waals surface area contributed by atoms with Gasteiger partial charge in [0.2, 0.25) is 0 Å². The monoisotopic (exact) mass is 2580 g/mol. The zero-order chi connectivity index (χ0) is 96.2. The van der Waals surface area contributed by atoms with Gasteiger partial charge >= 0.3 is 20.1 Å². The second-order valence-corrected chi connectivity index (χ2v) is 36.9. The van der Waals surface area contributed by atoms with Crippen molar-refractivity contribution in [2.24, 2.45) is 0 Å². The van der Waals surface area contributed by atoms with Crippen molar-refractivity contribution in [3.8, 4) is 102 Å². The Labute approximate surface area is 894 Å². The number of nitrogens with zero attached hydrogens (tertiary/aromatic N) is 10. The number of para-hydroxylation sites is 5. The van der Waals surface area contributed by atoms with Crippen LogP contribution in [0.15, 0.2) is 367 Å². The Balaban J connectivity index is 0.000000134. The molecule has 12 nitrogen and oxygen atoms in total. The Morgan fingerprint density at radius 2 is 0.755 bits per heavy atom. The molecule has 6 aromatic heterocycles. The standard InChI is InChI=1S/C30H23N2O.C28H29N2.C26H25N2.C22H15N2O.C21H18N2.4Ir/c1-19-10-9-13-23(16-19)25-18-32(30(31-25)22-11-5-4-6-12-22)28-20(2)17-21(3)29-27(28)24-14-7-8-15-26(24)33-29;1-19(2)24-15-10-16-25(20(3)4)27(24)30-18-26(23-14-9-11-21(5)17-23)29-28(30)22-12-7-6-8-13-22;1-17-13-20(4)25(21(5)14-17)28-16-24(23-12-11-18(2)19(3)15-23)27-26(28)22-9-7-6-8-10-22;1-15-6-4-7-16(14-15)19-12-13-24(23-19)20-10-5-9-18-17-8-2-3-11-21(17)25-22(18)20;1-16-7-5-9-18(13-16)22-15-23(19-10-6-8-17(2)14-19)21-12-4-3-11-20(21)22;;;;/h4-11,13-18H,1-3H3;6-12,14-20H,1-5H3;6-9,11-16H,1-5H3;2-9,11-14H,1H3;3-9,11-15H,1-2H3;;;;/q4*-1;-2;;;;+3. The van der Waals surface area contributed by atoms with Gasteiger partial charge in [-0.15, -0.1) is 126 Å². The normalized spacial score (nSPS) is 11.3. The average molecular weight is 2580 g/mol. The van der Waals surface area contributed by atoms with Crippen LogP contribution in [-0.4, -0.2) is 38.4 Å². The number of fused-ring (bicyclic) bond motifs is 7. The molecule has 0 unspecified atom stereocenters. The van der Waals surface area contributed by atoms with E-state index in [1.54, 1.807) is 0 Å². The number of imidazole rings is 3. The van der Waals surface area contributed by atoms with Gasteiger partial charge in [0.05, 0.1) is 51.3 Å². The number of hydrogen-bond acceptors (Lipinski definition) is 8. The maximum absolute atomic E-state index is 6.31. The second kappa shape index (κ2) is 45.6. The summed E-state index contributed by atoms with van der Waals surface area (Å²) in [5.74, 6) is 3.55. The van der Waals surface area contributed by atoms with Crippen molar-refractivity contribution in [1.82, 2.24) is 38.4 Å². The van der Waals surface area contributed by atoms with Crippen molar-refractivity contribution in [2.75, 3.05) is 9.80 Å². The van der Waals surface area contributed by atoms with Crippen molar-refractivity contribution in [1.29, 1.82) is 0 Å². The molecule has 16 heteroatoms. The molecular weight excluding hydrogens is 2470 g/mol. The summed E-state index contributed by atoms with van der Waals surface area (Å²) < 4.78 is 20.9.